The number of nitrogens with two attached hydrogens (primary N) is 1. The highest BCUT2D eigenvalue weighted by Gasteiger charge is 2.29. The average molecular weight is 461 g/mol. The normalized spacial score (nSPS) is 18.3. The number of morpholine rings is 1. The van der Waals surface area contributed by atoms with E-state index in [1.54, 1.807) is 0 Å². The summed E-state index contributed by atoms with van der Waals surface area (Å²) < 4.78 is 22.2. The predicted octanol–water partition coefficient (Wildman–Crippen LogP) is 3.68. The summed E-state index contributed by atoms with van der Waals surface area (Å²) in [4.78, 5) is 11.0. The van der Waals surface area contributed by atoms with Crippen molar-refractivity contribution >= 4 is 22.5 Å². The number of rotatable bonds is 3. The molecule has 0 radical (unpaired) electrons. The number of ether oxygens (including phenoxy) is 1. The van der Waals surface area contributed by atoms with E-state index in [2.05, 4.69) is 33.1 Å². The van der Waals surface area contributed by atoms with Crippen molar-refractivity contribution < 1.29 is 14.2 Å². The second kappa shape index (κ2) is 8.25. The van der Waals surface area contributed by atoms with E-state index in [9.17, 15) is 9.50 Å². The number of aromatic nitrogens is 4. The molecule has 9 heteroatoms. The van der Waals surface area contributed by atoms with Gasteiger partial charge in [0.05, 0.1) is 24.6 Å². The Morgan fingerprint density at radius 3 is 2.76 bits per heavy atom. The van der Waals surface area contributed by atoms with Crippen LogP contribution in [0.25, 0.3) is 22.3 Å². The summed E-state index contributed by atoms with van der Waals surface area (Å²) in [6, 6.07) is 10.6. The molecule has 1 unspecified atom stereocenters. The molecule has 0 saturated carbocycles. The van der Waals surface area contributed by atoms with E-state index in [1.165, 1.54) is 35.3 Å². The average Bonchev–Trinajstić information content (AvgIpc) is 3.24. The van der Waals surface area contributed by atoms with Gasteiger partial charge in [0.1, 0.15) is 29.4 Å². The van der Waals surface area contributed by atoms with E-state index >= 15 is 0 Å². The van der Waals surface area contributed by atoms with Crippen molar-refractivity contribution in [3.8, 4) is 17.0 Å². The zero-order chi connectivity index (χ0) is 23.2. The number of anilines is 2. The van der Waals surface area contributed by atoms with Gasteiger partial charge < -0.3 is 20.5 Å². The summed E-state index contributed by atoms with van der Waals surface area (Å²) >= 11 is 0. The van der Waals surface area contributed by atoms with Gasteiger partial charge in [-0.25, -0.2) is 19.0 Å². The molecule has 2 aromatic carbocycles. The Labute approximate surface area is 195 Å². The third-order valence-corrected chi connectivity index (χ3v) is 6.81. The molecule has 174 valence electrons. The second-order valence-electron chi connectivity index (χ2n) is 8.81. The molecule has 1 saturated heterocycles. The van der Waals surface area contributed by atoms with Gasteiger partial charge in [-0.2, -0.15) is 5.10 Å². The Balaban J connectivity index is 1.51. The van der Waals surface area contributed by atoms with E-state index in [0.717, 1.165) is 51.6 Å². The van der Waals surface area contributed by atoms with Crippen LogP contribution in [0.15, 0.2) is 42.7 Å². The number of nitrogen functional groups attached to an aromatic ring is 1. The molecule has 8 nitrogen and oxygen atoms in total. The third kappa shape index (κ3) is 3.43. The number of hydrogen-bond donors (Lipinski definition) is 2. The van der Waals surface area contributed by atoms with Crippen LogP contribution in [0.2, 0.25) is 0 Å². The Hall–Kier alpha value is -3.72. The van der Waals surface area contributed by atoms with Crippen molar-refractivity contribution in [3.05, 3.63) is 59.7 Å². The van der Waals surface area contributed by atoms with Crippen LogP contribution < -0.4 is 10.6 Å². The minimum Gasteiger partial charge on any atom is -0.508 e. The van der Waals surface area contributed by atoms with Crippen LogP contribution in [0.3, 0.4) is 0 Å². The zero-order valence-corrected chi connectivity index (χ0v) is 18.6. The molecule has 0 spiro atoms. The van der Waals surface area contributed by atoms with Gasteiger partial charge in [0.25, 0.3) is 0 Å². The summed E-state index contributed by atoms with van der Waals surface area (Å²) in [7, 11) is 0. The molecule has 2 aromatic heterocycles. The first kappa shape index (κ1) is 20.9. The molecule has 6 rings (SSSR count). The first-order valence-electron chi connectivity index (χ1n) is 11.5. The Kier molecular flexibility index (Phi) is 5.06. The number of nitrogens with zero attached hydrogens (tertiary/aromatic N) is 5. The van der Waals surface area contributed by atoms with E-state index < -0.39 is 5.82 Å². The SMILES string of the molecule is Nc1ncnc2c1c(-c1ccc(O)cc1F)nn2C1CCCc2ccc(N3CCOCC3)cc21. The Morgan fingerprint density at radius 1 is 1.09 bits per heavy atom. The standard InChI is InChI=1S/C25H25FN6O2/c26-20-13-17(33)6-7-18(20)23-22-24(27)28-14-29-25(22)32(30-23)21-3-1-2-15-4-5-16(12-19(15)21)31-8-10-34-11-9-31/h4-7,12-14,21,33H,1-3,8-11H2,(H2,27,28,29). The molecule has 0 amide bonds. The fourth-order valence-corrected chi connectivity index (χ4v) is 5.13. The highest BCUT2D eigenvalue weighted by atomic mass is 19.1. The minimum atomic E-state index is -0.576. The van der Waals surface area contributed by atoms with Crippen LogP contribution in [-0.4, -0.2) is 51.2 Å². The van der Waals surface area contributed by atoms with E-state index in [0.29, 0.717) is 16.7 Å². The molecule has 1 fully saturated rings. The molecule has 2 aliphatic rings. The molecule has 1 aliphatic carbocycles. The van der Waals surface area contributed by atoms with Crippen molar-refractivity contribution in [2.45, 2.75) is 25.3 Å². The molecule has 3 N–H and O–H groups in total. The molecule has 1 aliphatic heterocycles. The predicted molar refractivity (Wildman–Crippen MR) is 127 cm³/mol. The third-order valence-electron chi connectivity index (χ3n) is 6.81. The quantitative estimate of drug-likeness (QED) is 0.481. The number of halogens is 1. The van der Waals surface area contributed by atoms with Gasteiger partial charge in [0.15, 0.2) is 5.65 Å². The van der Waals surface area contributed by atoms with Gasteiger partial charge in [-0.3, -0.25) is 0 Å². The van der Waals surface area contributed by atoms with Crippen molar-refractivity contribution in [3.63, 3.8) is 0 Å². The summed E-state index contributed by atoms with van der Waals surface area (Å²) in [6.07, 6.45) is 4.32. The zero-order valence-electron chi connectivity index (χ0n) is 18.6. The summed E-state index contributed by atoms with van der Waals surface area (Å²) in [6.45, 7) is 3.18. The highest BCUT2D eigenvalue weighted by Crippen LogP contribution is 2.40. The monoisotopic (exact) mass is 460 g/mol. The van der Waals surface area contributed by atoms with Gasteiger partial charge in [-0.05, 0) is 54.7 Å². The van der Waals surface area contributed by atoms with Crippen LogP contribution in [0.1, 0.15) is 30.0 Å². The minimum absolute atomic E-state index is 0.0598. The maximum atomic E-state index is 14.8. The van der Waals surface area contributed by atoms with Crippen molar-refractivity contribution in [2.75, 3.05) is 36.9 Å². The fourth-order valence-electron chi connectivity index (χ4n) is 5.13. The molecule has 0 bridgehead atoms. The lowest BCUT2D eigenvalue weighted by Crippen LogP contribution is -2.36. The van der Waals surface area contributed by atoms with Crippen molar-refractivity contribution in [1.82, 2.24) is 19.7 Å². The molecular weight excluding hydrogens is 435 g/mol. The number of aryl methyl sites for hydroxylation is 1. The van der Waals surface area contributed by atoms with Gasteiger partial charge in [-0.15, -0.1) is 0 Å². The first-order valence-corrected chi connectivity index (χ1v) is 11.5. The number of aromatic hydroxyl groups is 1. The maximum absolute atomic E-state index is 14.8. The van der Waals surface area contributed by atoms with E-state index in [1.807, 2.05) is 4.68 Å². The number of fused-ring (bicyclic) bond motifs is 2. The van der Waals surface area contributed by atoms with Crippen LogP contribution in [-0.2, 0) is 11.2 Å². The molecule has 34 heavy (non-hydrogen) atoms. The number of phenolic OH excluding ortho intramolecular Hbond substituents is 1. The lowest BCUT2D eigenvalue weighted by atomic mass is 9.87. The largest absolute Gasteiger partial charge is 0.508 e. The smallest absolute Gasteiger partial charge is 0.164 e. The van der Waals surface area contributed by atoms with Crippen LogP contribution in [0, 0.1) is 5.82 Å². The second-order valence-corrected chi connectivity index (χ2v) is 8.81. The fraction of sp³-hybridized carbons (Fsp3) is 0.320. The van der Waals surface area contributed by atoms with Crippen LogP contribution in [0.5, 0.6) is 5.75 Å². The first-order chi connectivity index (χ1) is 16.6. The Bertz CT molecular complexity index is 1380. The summed E-state index contributed by atoms with van der Waals surface area (Å²) in [5, 5.41) is 15.0. The van der Waals surface area contributed by atoms with E-state index in [-0.39, 0.29) is 23.2 Å². The van der Waals surface area contributed by atoms with Gasteiger partial charge in [0.2, 0.25) is 0 Å². The van der Waals surface area contributed by atoms with Crippen molar-refractivity contribution in [1.29, 1.82) is 0 Å². The number of phenols is 1. The summed E-state index contributed by atoms with van der Waals surface area (Å²) in [5.41, 5.74) is 11.1. The topological polar surface area (TPSA) is 102 Å². The van der Waals surface area contributed by atoms with Gasteiger partial charge in [-0.1, -0.05) is 6.07 Å². The van der Waals surface area contributed by atoms with Gasteiger partial charge >= 0.3 is 0 Å². The molecular formula is C25H25FN6O2. The molecule has 4 aromatic rings. The number of hydrogen-bond acceptors (Lipinski definition) is 7. The summed E-state index contributed by atoms with van der Waals surface area (Å²) in [5.74, 6) is -0.476. The van der Waals surface area contributed by atoms with Crippen LogP contribution >= 0.6 is 0 Å². The van der Waals surface area contributed by atoms with Gasteiger partial charge in [0, 0.05) is 30.4 Å². The lowest BCUT2D eigenvalue weighted by molar-refractivity contribution is 0.122. The maximum Gasteiger partial charge on any atom is 0.164 e. The van der Waals surface area contributed by atoms with Crippen LogP contribution in [0.4, 0.5) is 15.9 Å². The molecule has 3 heterocycles. The highest BCUT2D eigenvalue weighted by molar-refractivity contribution is 5.98. The lowest BCUT2D eigenvalue weighted by Gasteiger charge is -2.32. The number of benzene rings is 2. The molecule has 1 atom stereocenters. The van der Waals surface area contributed by atoms with Crippen molar-refractivity contribution in [2.24, 2.45) is 0 Å². The van der Waals surface area contributed by atoms with E-state index in [4.69, 9.17) is 15.6 Å². The Morgan fingerprint density at radius 2 is 1.94 bits per heavy atom.